The molecule has 0 amide bonds. The predicted molar refractivity (Wildman–Crippen MR) is 81.9 cm³/mol. The summed E-state index contributed by atoms with van der Waals surface area (Å²) in [5, 5.41) is 0.158. The van der Waals surface area contributed by atoms with Crippen molar-refractivity contribution in [2.75, 3.05) is 4.72 Å². The average molecular weight is 358 g/mol. The van der Waals surface area contributed by atoms with E-state index in [4.69, 9.17) is 0 Å². The minimum atomic E-state index is -4.51. The van der Waals surface area contributed by atoms with Gasteiger partial charge in [-0.2, -0.15) is 13.2 Å². The largest absolute Gasteiger partial charge is 0.416 e. The smallest absolute Gasteiger partial charge is 0.255 e. The highest BCUT2D eigenvalue weighted by Crippen LogP contribution is 2.31. The number of halogens is 3. The summed E-state index contributed by atoms with van der Waals surface area (Å²) >= 11 is 1.14. The molecular formula is C14H9F3N2O2S2. The van der Waals surface area contributed by atoms with Gasteiger partial charge >= 0.3 is 6.18 Å². The molecule has 0 saturated heterocycles. The van der Waals surface area contributed by atoms with Gasteiger partial charge in [0.1, 0.15) is 0 Å². The summed E-state index contributed by atoms with van der Waals surface area (Å²) < 4.78 is 65.0. The number of thiazole rings is 1. The number of rotatable bonds is 3. The first-order valence-corrected chi connectivity index (χ1v) is 8.61. The van der Waals surface area contributed by atoms with E-state index in [1.807, 2.05) is 0 Å². The molecule has 3 aromatic rings. The maximum atomic E-state index is 12.5. The highest BCUT2D eigenvalue weighted by Gasteiger charge is 2.30. The van der Waals surface area contributed by atoms with Gasteiger partial charge in [-0.05, 0) is 36.4 Å². The molecule has 120 valence electrons. The van der Waals surface area contributed by atoms with Crippen LogP contribution in [0.3, 0.4) is 0 Å². The van der Waals surface area contributed by atoms with Gasteiger partial charge in [-0.25, -0.2) is 13.4 Å². The summed E-state index contributed by atoms with van der Waals surface area (Å²) in [6.45, 7) is 0. The van der Waals surface area contributed by atoms with E-state index in [-0.39, 0.29) is 10.0 Å². The first-order valence-electron chi connectivity index (χ1n) is 6.31. The molecule has 4 nitrogen and oxygen atoms in total. The van der Waals surface area contributed by atoms with Crippen LogP contribution in [0.15, 0.2) is 53.4 Å². The lowest BCUT2D eigenvalue weighted by molar-refractivity contribution is -0.137. The number of para-hydroxylation sites is 1. The molecule has 0 fully saturated rings. The van der Waals surface area contributed by atoms with Gasteiger partial charge in [-0.3, -0.25) is 4.72 Å². The van der Waals surface area contributed by atoms with Crippen molar-refractivity contribution in [1.82, 2.24) is 4.98 Å². The van der Waals surface area contributed by atoms with Crippen molar-refractivity contribution >= 4 is 36.7 Å². The zero-order chi connectivity index (χ0) is 16.7. The maximum absolute atomic E-state index is 12.5. The number of sulfonamides is 1. The van der Waals surface area contributed by atoms with Crippen LogP contribution in [0.4, 0.5) is 18.3 Å². The normalized spacial score (nSPS) is 12.5. The molecule has 0 aliphatic carbocycles. The van der Waals surface area contributed by atoms with Gasteiger partial charge in [0, 0.05) is 0 Å². The Morgan fingerprint density at radius 2 is 1.65 bits per heavy atom. The second kappa shape index (κ2) is 5.50. The van der Waals surface area contributed by atoms with Gasteiger partial charge in [0.25, 0.3) is 10.0 Å². The molecule has 0 saturated carbocycles. The Bertz CT molecular complexity index is 915. The van der Waals surface area contributed by atoms with Crippen LogP contribution in [0.25, 0.3) is 10.2 Å². The molecule has 0 aliphatic heterocycles. The SMILES string of the molecule is O=S(=O)(Nc1nc2ccccc2s1)c1ccc(C(F)(F)F)cc1. The average Bonchev–Trinajstić information content (AvgIpc) is 2.87. The molecule has 1 heterocycles. The van der Waals surface area contributed by atoms with Gasteiger partial charge in [0.05, 0.1) is 20.7 Å². The van der Waals surface area contributed by atoms with Crippen molar-refractivity contribution in [1.29, 1.82) is 0 Å². The zero-order valence-corrected chi connectivity index (χ0v) is 13.0. The number of nitrogens with one attached hydrogen (secondary N) is 1. The summed E-state index contributed by atoms with van der Waals surface area (Å²) in [6, 6.07) is 10.4. The molecule has 1 N–H and O–H groups in total. The molecule has 0 bridgehead atoms. The maximum Gasteiger partial charge on any atom is 0.416 e. The number of anilines is 1. The topological polar surface area (TPSA) is 59.1 Å². The first-order chi connectivity index (χ1) is 10.8. The Morgan fingerprint density at radius 1 is 1.00 bits per heavy atom. The van der Waals surface area contributed by atoms with Crippen LogP contribution < -0.4 is 4.72 Å². The second-order valence-corrected chi connectivity index (χ2v) is 7.33. The molecule has 0 unspecified atom stereocenters. The Kier molecular flexibility index (Phi) is 3.77. The quantitative estimate of drug-likeness (QED) is 0.766. The lowest BCUT2D eigenvalue weighted by Crippen LogP contribution is -2.13. The van der Waals surface area contributed by atoms with E-state index in [2.05, 4.69) is 9.71 Å². The highest BCUT2D eigenvalue weighted by molar-refractivity contribution is 7.93. The first kappa shape index (κ1) is 15.8. The second-order valence-electron chi connectivity index (χ2n) is 4.61. The molecule has 0 spiro atoms. The summed E-state index contributed by atoms with van der Waals surface area (Å²) in [5.74, 6) is 0. The van der Waals surface area contributed by atoms with Crippen molar-refractivity contribution < 1.29 is 21.6 Å². The van der Waals surface area contributed by atoms with Crippen molar-refractivity contribution in [3.8, 4) is 0 Å². The number of fused-ring (bicyclic) bond motifs is 1. The summed E-state index contributed by atoms with van der Waals surface area (Å²) in [7, 11) is -3.99. The number of benzene rings is 2. The molecule has 0 radical (unpaired) electrons. The fraction of sp³-hybridized carbons (Fsp3) is 0.0714. The van der Waals surface area contributed by atoms with Crippen LogP contribution >= 0.6 is 11.3 Å². The van der Waals surface area contributed by atoms with Gasteiger partial charge < -0.3 is 0 Å². The summed E-state index contributed by atoms with van der Waals surface area (Å²) in [5.41, 5.74) is -0.265. The Morgan fingerprint density at radius 3 is 2.26 bits per heavy atom. The molecule has 9 heteroatoms. The van der Waals surface area contributed by atoms with E-state index in [1.54, 1.807) is 24.3 Å². The monoisotopic (exact) mass is 358 g/mol. The molecule has 3 rings (SSSR count). The Balaban J connectivity index is 1.89. The third-order valence-electron chi connectivity index (χ3n) is 3.01. The number of nitrogens with zero attached hydrogens (tertiary/aromatic N) is 1. The fourth-order valence-corrected chi connectivity index (χ4v) is 4.01. The number of hydrogen-bond donors (Lipinski definition) is 1. The highest BCUT2D eigenvalue weighted by atomic mass is 32.2. The minimum absolute atomic E-state index is 0.158. The minimum Gasteiger partial charge on any atom is -0.255 e. The van der Waals surface area contributed by atoms with Crippen molar-refractivity contribution in [3.05, 3.63) is 54.1 Å². The third kappa shape index (κ3) is 3.30. The van der Waals surface area contributed by atoms with E-state index >= 15 is 0 Å². The molecule has 1 aromatic heterocycles. The van der Waals surface area contributed by atoms with Crippen molar-refractivity contribution in [2.45, 2.75) is 11.1 Å². The third-order valence-corrected chi connectivity index (χ3v) is 5.44. The van der Waals surface area contributed by atoms with Crippen LogP contribution in [0, 0.1) is 0 Å². The number of hydrogen-bond acceptors (Lipinski definition) is 4. The van der Waals surface area contributed by atoms with Gasteiger partial charge in [0.15, 0.2) is 5.13 Å². The molecule has 2 aromatic carbocycles. The van der Waals surface area contributed by atoms with E-state index in [0.29, 0.717) is 5.52 Å². The molecule has 0 atom stereocenters. The Labute approximate surface area is 133 Å². The summed E-state index contributed by atoms with van der Waals surface area (Å²) in [6.07, 6.45) is -4.51. The number of alkyl halides is 3. The Hall–Kier alpha value is -2.13. The van der Waals surface area contributed by atoms with Crippen LogP contribution in [-0.4, -0.2) is 13.4 Å². The zero-order valence-electron chi connectivity index (χ0n) is 11.3. The fourth-order valence-electron chi connectivity index (χ4n) is 1.91. The molecule has 0 aliphatic rings. The van der Waals surface area contributed by atoms with Crippen molar-refractivity contribution in [3.63, 3.8) is 0 Å². The predicted octanol–water partition coefficient (Wildman–Crippen LogP) is 4.12. The van der Waals surface area contributed by atoms with Crippen molar-refractivity contribution in [2.24, 2.45) is 0 Å². The van der Waals surface area contributed by atoms with E-state index in [1.165, 1.54) is 0 Å². The van der Waals surface area contributed by atoms with E-state index in [9.17, 15) is 21.6 Å². The lowest BCUT2D eigenvalue weighted by Gasteiger charge is -2.08. The van der Waals surface area contributed by atoms with Crippen LogP contribution in [0.1, 0.15) is 5.56 Å². The summed E-state index contributed by atoms with van der Waals surface area (Å²) in [4.78, 5) is 3.87. The molecule has 23 heavy (non-hydrogen) atoms. The van der Waals surface area contributed by atoms with E-state index < -0.39 is 21.8 Å². The standard InChI is InChI=1S/C14H9F3N2O2S2/c15-14(16,17)9-5-7-10(8-6-9)23(20,21)19-13-18-11-3-1-2-4-12(11)22-13/h1-8H,(H,18,19). The van der Waals surface area contributed by atoms with E-state index in [0.717, 1.165) is 40.3 Å². The lowest BCUT2D eigenvalue weighted by atomic mass is 10.2. The van der Waals surface area contributed by atoms with Crippen LogP contribution in [-0.2, 0) is 16.2 Å². The molecular weight excluding hydrogens is 349 g/mol. The van der Waals surface area contributed by atoms with Gasteiger partial charge in [-0.1, -0.05) is 23.5 Å². The van der Waals surface area contributed by atoms with Crippen LogP contribution in [0.5, 0.6) is 0 Å². The van der Waals surface area contributed by atoms with Gasteiger partial charge in [-0.15, -0.1) is 0 Å². The number of aromatic nitrogens is 1. The van der Waals surface area contributed by atoms with Crippen LogP contribution in [0.2, 0.25) is 0 Å². The van der Waals surface area contributed by atoms with Gasteiger partial charge in [0.2, 0.25) is 0 Å².